The lowest BCUT2D eigenvalue weighted by Gasteiger charge is -2.14. The van der Waals surface area contributed by atoms with E-state index in [0.29, 0.717) is 0 Å². The zero-order valence-electron chi connectivity index (χ0n) is 16.6. The van der Waals surface area contributed by atoms with Crippen molar-refractivity contribution < 1.29 is 0 Å². The molecular formula is C23H41P. The van der Waals surface area contributed by atoms with E-state index in [0.717, 1.165) is 14.5 Å². The Balaban J connectivity index is 2.18. The molecule has 0 spiro atoms. The van der Waals surface area contributed by atoms with Gasteiger partial charge in [-0.2, -0.15) is 0 Å². The molecular weight excluding hydrogens is 307 g/mol. The Kier molecular flexibility index (Phi) is 13.5. The van der Waals surface area contributed by atoms with Crippen LogP contribution in [0.4, 0.5) is 0 Å². The minimum Gasteiger partial charge on any atom is -0.0901 e. The van der Waals surface area contributed by atoms with Crippen molar-refractivity contribution >= 4 is 13.9 Å². The average Bonchev–Trinajstić information content (AvgIpc) is 2.62. The fraction of sp³-hybridized carbons (Fsp3) is 0.739. The molecule has 138 valence electrons. The molecule has 24 heavy (non-hydrogen) atoms. The molecule has 1 rings (SSSR count). The van der Waals surface area contributed by atoms with Crippen LogP contribution in [0.3, 0.4) is 0 Å². The summed E-state index contributed by atoms with van der Waals surface area (Å²) in [5, 5.41) is 1.56. The second-order valence-corrected chi connectivity index (χ2v) is 8.70. The van der Waals surface area contributed by atoms with Gasteiger partial charge in [0.1, 0.15) is 0 Å². The quantitative estimate of drug-likeness (QED) is 0.227. The van der Waals surface area contributed by atoms with Crippen LogP contribution in [0.1, 0.15) is 97.0 Å². The molecule has 0 aliphatic heterocycles. The molecule has 0 bridgehead atoms. The van der Waals surface area contributed by atoms with Crippen LogP contribution in [0.5, 0.6) is 0 Å². The first-order valence-electron chi connectivity index (χ1n) is 10.6. The second kappa shape index (κ2) is 14.9. The van der Waals surface area contributed by atoms with E-state index in [4.69, 9.17) is 0 Å². The summed E-state index contributed by atoms with van der Waals surface area (Å²) in [5.41, 5.74) is 1.54. The van der Waals surface area contributed by atoms with Crippen molar-refractivity contribution in [1.29, 1.82) is 0 Å². The predicted molar refractivity (Wildman–Crippen MR) is 114 cm³/mol. The summed E-state index contributed by atoms with van der Waals surface area (Å²) in [6.07, 6.45) is 18.0. The van der Waals surface area contributed by atoms with Crippen molar-refractivity contribution in [2.24, 2.45) is 5.92 Å². The Morgan fingerprint density at radius 3 is 2.00 bits per heavy atom. The van der Waals surface area contributed by atoms with Crippen LogP contribution >= 0.6 is 8.58 Å². The van der Waals surface area contributed by atoms with E-state index in [1.165, 1.54) is 88.8 Å². The van der Waals surface area contributed by atoms with Crippen molar-refractivity contribution in [2.75, 3.05) is 6.16 Å². The zero-order valence-corrected chi connectivity index (χ0v) is 17.6. The summed E-state index contributed by atoms with van der Waals surface area (Å²) >= 11 is 0. The van der Waals surface area contributed by atoms with Crippen molar-refractivity contribution in [1.82, 2.24) is 0 Å². The third-order valence-corrected chi connectivity index (χ3v) is 6.68. The highest BCUT2D eigenvalue weighted by Gasteiger charge is 2.06. The van der Waals surface area contributed by atoms with Gasteiger partial charge in [-0.05, 0) is 35.8 Å². The summed E-state index contributed by atoms with van der Waals surface area (Å²) in [6, 6.07) is 9.54. The van der Waals surface area contributed by atoms with Crippen molar-refractivity contribution in [3.05, 3.63) is 29.8 Å². The van der Waals surface area contributed by atoms with Gasteiger partial charge in [-0.15, -0.1) is 0 Å². The third-order valence-electron chi connectivity index (χ3n) is 5.16. The van der Waals surface area contributed by atoms with Crippen LogP contribution in [0.15, 0.2) is 24.3 Å². The molecule has 0 nitrogen and oxygen atoms in total. The van der Waals surface area contributed by atoms with Crippen LogP contribution in [0.25, 0.3) is 0 Å². The van der Waals surface area contributed by atoms with Gasteiger partial charge < -0.3 is 0 Å². The topological polar surface area (TPSA) is 0 Å². The monoisotopic (exact) mass is 348 g/mol. The molecule has 1 aromatic carbocycles. The van der Waals surface area contributed by atoms with Crippen molar-refractivity contribution in [3.8, 4) is 0 Å². The molecule has 0 fully saturated rings. The number of aryl methyl sites for hydroxylation is 1. The van der Waals surface area contributed by atoms with Gasteiger partial charge >= 0.3 is 0 Å². The SMILES string of the molecule is CCCCCCCCCc1ccc(PCC(CC)CCCC)cc1. The highest BCUT2D eigenvalue weighted by atomic mass is 31.1. The standard InChI is InChI=1S/C23H41P/c1-4-7-9-10-11-12-13-15-22-16-18-23(19-17-22)24-20-21(6-3)14-8-5-2/h16-19,21,24H,4-15,20H2,1-3H3. The number of benzene rings is 1. The molecule has 1 heteroatoms. The maximum atomic E-state index is 2.39. The fourth-order valence-corrected chi connectivity index (χ4v) is 4.70. The maximum absolute atomic E-state index is 2.39. The van der Waals surface area contributed by atoms with E-state index in [2.05, 4.69) is 45.0 Å². The minimum absolute atomic E-state index is 0.940. The summed E-state index contributed by atoms with van der Waals surface area (Å²) < 4.78 is 0. The van der Waals surface area contributed by atoms with E-state index in [1.807, 2.05) is 0 Å². The number of hydrogen-bond donors (Lipinski definition) is 0. The zero-order chi connectivity index (χ0) is 17.5. The lowest BCUT2D eigenvalue weighted by molar-refractivity contribution is 0.499. The highest BCUT2D eigenvalue weighted by Crippen LogP contribution is 2.22. The molecule has 0 amide bonds. The van der Waals surface area contributed by atoms with Gasteiger partial charge in [-0.25, -0.2) is 0 Å². The third kappa shape index (κ3) is 10.5. The smallest absolute Gasteiger partial charge is 0.0271 e. The Morgan fingerprint density at radius 2 is 1.38 bits per heavy atom. The lowest BCUT2D eigenvalue weighted by Crippen LogP contribution is -2.05. The number of rotatable bonds is 15. The van der Waals surface area contributed by atoms with Crippen LogP contribution < -0.4 is 5.30 Å². The normalized spacial score (nSPS) is 13.0. The molecule has 0 radical (unpaired) electrons. The van der Waals surface area contributed by atoms with Gasteiger partial charge in [0, 0.05) is 0 Å². The van der Waals surface area contributed by atoms with Gasteiger partial charge in [0.2, 0.25) is 0 Å². The van der Waals surface area contributed by atoms with E-state index in [-0.39, 0.29) is 0 Å². The summed E-state index contributed by atoms with van der Waals surface area (Å²) in [7, 11) is 1.00. The van der Waals surface area contributed by atoms with Crippen LogP contribution in [-0.2, 0) is 6.42 Å². The molecule has 1 aromatic rings. The lowest BCUT2D eigenvalue weighted by atomic mass is 10.0. The average molecular weight is 349 g/mol. The first-order chi connectivity index (χ1) is 11.8. The molecule has 0 aliphatic rings. The molecule has 0 aliphatic carbocycles. The Bertz CT molecular complexity index is 382. The molecule has 0 saturated heterocycles. The summed E-state index contributed by atoms with van der Waals surface area (Å²) in [6.45, 7) is 6.95. The Morgan fingerprint density at radius 1 is 0.750 bits per heavy atom. The molecule has 0 aromatic heterocycles. The predicted octanol–water partition coefficient (Wildman–Crippen LogP) is 7.50. The largest absolute Gasteiger partial charge is 0.0901 e. The van der Waals surface area contributed by atoms with Gasteiger partial charge in [-0.3, -0.25) is 0 Å². The second-order valence-electron chi connectivity index (χ2n) is 7.37. The number of hydrogen-bond acceptors (Lipinski definition) is 0. The fourth-order valence-electron chi connectivity index (χ4n) is 3.28. The van der Waals surface area contributed by atoms with Crippen LogP contribution in [0, 0.1) is 5.92 Å². The van der Waals surface area contributed by atoms with E-state index in [1.54, 1.807) is 5.30 Å². The summed E-state index contributed by atoms with van der Waals surface area (Å²) in [5.74, 6) is 0.940. The Labute approximate surface area is 154 Å². The van der Waals surface area contributed by atoms with Gasteiger partial charge in [0.25, 0.3) is 0 Å². The van der Waals surface area contributed by atoms with E-state index < -0.39 is 0 Å². The molecule has 0 heterocycles. The van der Waals surface area contributed by atoms with E-state index >= 15 is 0 Å². The van der Waals surface area contributed by atoms with Crippen molar-refractivity contribution in [2.45, 2.75) is 97.8 Å². The molecule has 2 atom stereocenters. The van der Waals surface area contributed by atoms with E-state index in [9.17, 15) is 0 Å². The molecule has 0 N–H and O–H groups in total. The van der Waals surface area contributed by atoms with Gasteiger partial charge in [0.15, 0.2) is 0 Å². The first kappa shape index (κ1) is 21.7. The van der Waals surface area contributed by atoms with Crippen molar-refractivity contribution in [3.63, 3.8) is 0 Å². The summed E-state index contributed by atoms with van der Waals surface area (Å²) in [4.78, 5) is 0. The first-order valence-corrected chi connectivity index (χ1v) is 11.8. The van der Waals surface area contributed by atoms with Crippen LogP contribution in [0.2, 0.25) is 0 Å². The molecule has 2 unspecified atom stereocenters. The Hall–Kier alpha value is -0.350. The highest BCUT2D eigenvalue weighted by molar-refractivity contribution is 7.47. The molecule has 0 saturated carbocycles. The van der Waals surface area contributed by atoms with Gasteiger partial charge in [0.05, 0.1) is 0 Å². The van der Waals surface area contributed by atoms with Gasteiger partial charge in [-0.1, -0.05) is 118 Å². The number of unbranched alkanes of at least 4 members (excludes halogenated alkanes) is 7. The maximum Gasteiger partial charge on any atom is -0.0271 e. The van der Waals surface area contributed by atoms with Crippen LogP contribution in [-0.4, -0.2) is 6.16 Å². The minimum atomic E-state index is 0.940.